The number of benzene rings is 2. The van der Waals surface area contributed by atoms with Crippen molar-refractivity contribution < 1.29 is 20.1 Å². The molecule has 0 amide bonds. The van der Waals surface area contributed by atoms with Crippen molar-refractivity contribution in [3.05, 3.63) is 53.1 Å². The largest absolute Gasteiger partial charge is 0.483 e. The molecule has 0 aromatic heterocycles. The second-order valence-electron chi connectivity index (χ2n) is 9.54. The fourth-order valence-corrected chi connectivity index (χ4v) is 3.81. The van der Waals surface area contributed by atoms with Crippen molar-refractivity contribution in [3.63, 3.8) is 0 Å². The van der Waals surface area contributed by atoms with Crippen molar-refractivity contribution in [1.29, 1.82) is 0 Å². The fraction of sp³-hybridized carbons (Fsp3) is 0.500. The van der Waals surface area contributed by atoms with E-state index in [2.05, 4.69) is 64.1 Å². The summed E-state index contributed by atoms with van der Waals surface area (Å²) in [5.74, 6) is 0. The van der Waals surface area contributed by atoms with Crippen LogP contribution in [-0.2, 0) is 11.2 Å². The van der Waals surface area contributed by atoms with Gasteiger partial charge in [-0.3, -0.25) is 4.79 Å². The zero-order valence-corrected chi connectivity index (χ0v) is 19.5. The van der Waals surface area contributed by atoms with Crippen LogP contribution in [0.4, 0.5) is 0 Å². The lowest BCUT2D eigenvalue weighted by Gasteiger charge is -2.32. The molecule has 0 spiro atoms. The Hall–Kier alpha value is -2.17. The van der Waals surface area contributed by atoms with Crippen LogP contribution in [0.5, 0.6) is 0 Å². The summed E-state index contributed by atoms with van der Waals surface area (Å²) in [5, 5.41) is 28.6. The monoisotopic (exact) mass is 414 g/mol. The lowest BCUT2D eigenvalue weighted by Crippen LogP contribution is -2.23. The van der Waals surface area contributed by atoms with Gasteiger partial charge in [-0.1, -0.05) is 57.2 Å². The maximum atomic E-state index is 10.7. The molecule has 1 unspecified atom stereocenters. The highest BCUT2D eigenvalue weighted by Crippen LogP contribution is 2.41. The van der Waals surface area contributed by atoms with Crippen LogP contribution < -0.4 is 0 Å². The van der Waals surface area contributed by atoms with Crippen LogP contribution >= 0.6 is 0 Å². The summed E-state index contributed by atoms with van der Waals surface area (Å²) in [7, 11) is 0. The van der Waals surface area contributed by atoms with Crippen LogP contribution in [-0.4, -0.2) is 33.5 Å². The minimum absolute atomic E-state index is 0.157. The molecule has 30 heavy (non-hydrogen) atoms. The molecule has 0 heterocycles. The van der Waals surface area contributed by atoms with Crippen molar-refractivity contribution in [1.82, 2.24) is 0 Å². The molecule has 0 saturated carbocycles. The van der Waals surface area contributed by atoms with Crippen molar-refractivity contribution in [3.8, 4) is 0 Å². The first-order valence-electron chi connectivity index (χ1n) is 10.6. The molecule has 1 atom stereocenters. The Morgan fingerprint density at radius 2 is 1.73 bits per heavy atom. The quantitative estimate of drug-likeness (QED) is 0.547. The second kappa shape index (κ2) is 10.7. The zero-order chi connectivity index (χ0) is 23.1. The number of hydrogen-bond acceptors (Lipinski definition) is 3. The van der Waals surface area contributed by atoms with E-state index >= 15 is 0 Å². The van der Waals surface area contributed by atoms with Gasteiger partial charge in [0.2, 0.25) is 0 Å². The van der Waals surface area contributed by atoms with E-state index in [0.29, 0.717) is 0 Å². The third-order valence-corrected chi connectivity index (χ3v) is 4.99. The van der Waals surface area contributed by atoms with E-state index in [9.17, 15) is 5.11 Å². The van der Waals surface area contributed by atoms with Crippen molar-refractivity contribution >= 4 is 22.8 Å². The van der Waals surface area contributed by atoms with E-state index in [1.165, 1.54) is 27.5 Å². The Bertz CT molecular complexity index is 866. The third kappa shape index (κ3) is 7.58. The molecular formula is C26H38O4. The van der Waals surface area contributed by atoms with Gasteiger partial charge in [-0.15, -0.1) is 0 Å². The van der Waals surface area contributed by atoms with Gasteiger partial charge in [0.15, 0.2) is 0 Å². The van der Waals surface area contributed by atoms with Crippen LogP contribution in [0.1, 0.15) is 71.1 Å². The third-order valence-electron chi connectivity index (χ3n) is 4.99. The molecule has 2 aromatic carbocycles. The van der Waals surface area contributed by atoms with E-state index in [0.717, 1.165) is 24.8 Å². The molecule has 1 aliphatic rings. The van der Waals surface area contributed by atoms with Crippen LogP contribution in [0, 0.1) is 12.3 Å². The summed E-state index contributed by atoms with van der Waals surface area (Å²) in [4.78, 5) is 8.36. The molecule has 0 radical (unpaired) electrons. The lowest BCUT2D eigenvalue weighted by molar-refractivity contribution is -0.122. The van der Waals surface area contributed by atoms with E-state index in [1.807, 2.05) is 0 Å². The molecule has 166 valence electrons. The van der Waals surface area contributed by atoms with Gasteiger partial charge < -0.3 is 15.3 Å². The minimum Gasteiger partial charge on any atom is -0.483 e. The number of carboxylic acid groups (broad SMARTS) is 1. The summed E-state index contributed by atoms with van der Waals surface area (Å²) >= 11 is 0. The highest BCUT2D eigenvalue weighted by molar-refractivity contribution is 5.97. The molecule has 4 nitrogen and oxygen atoms in total. The predicted molar refractivity (Wildman–Crippen MR) is 126 cm³/mol. The standard InChI is InChI=1S/C21H26O.C4H10O.CH2O2/c1-5-16-14(2)12-15-8-6-7-9-17(15)20(16)18-13-21(3,4)11-10-19(18)22;1-4(2,3)5;2-1-3/h6-9,12-13,19,22H,5,10-11H2,1-4H3;5H,1-3H3;1H,(H,2,3). The number of hydrogen-bond donors (Lipinski definition) is 3. The topological polar surface area (TPSA) is 77.8 Å². The Kier molecular flexibility index (Phi) is 9.26. The van der Waals surface area contributed by atoms with Crippen molar-refractivity contribution in [2.75, 3.05) is 0 Å². The first-order chi connectivity index (χ1) is 13.8. The van der Waals surface area contributed by atoms with Crippen molar-refractivity contribution in [2.45, 2.75) is 79.4 Å². The SMILES string of the molecule is CC(C)(C)O.CCc1c(C)cc2ccccc2c1C1=CC(C)(C)CCC1O.O=CO. The van der Waals surface area contributed by atoms with Gasteiger partial charge in [0.1, 0.15) is 0 Å². The average Bonchev–Trinajstić information content (AvgIpc) is 2.62. The molecule has 4 heteroatoms. The van der Waals surface area contributed by atoms with Gasteiger partial charge >= 0.3 is 0 Å². The lowest BCUT2D eigenvalue weighted by atomic mass is 9.74. The van der Waals surface area contributed by atoms with E-state index < -0.39 is 5.60 Å². The number of rotatable bonds is 2. The van der Waals surface area contributed by atoms with Crippen molar-refractivity contribution in [2.24, 2.45) is 5.41 Å². The number of carbonyl (C=O) groups is 1. The Morgan fingerprint density at radius 1 is 1.20 bits per heavy atom. The number of aliphatic hydroxyl groups is 2. The first kappa shape index (κ1) is 25.9. The Labute approximate surface area is 181 Å². The average molecular weight is 415 g/mol. The summed E-state index contributed by atoms with van der Waals surface area (Å²) in [6, 6.07) is 10.8. The van der Waals surface area contributed by atoms with Gasteiger partial charge in [-0.2, -0.15) is 0 Å². The maximum Gasteiger partial charge on any atom is 0.290 e. The summed E-state index contributed by atoms with van der Waals surface area (Å²) in [6.07, 6.45) is 4.86. The Morgan fingerprint density at radius 3 is 2.27 bits per heavy atom. The molecule has 0 saturated heterocycles. The molecular weight excluding hydrogens is 376 g/mol. The molecule has 1 aliphatic carbocycles. The molecule has 3 N–H and O–H groups in total. The highest BCUT2D eigenvalue weighted by atomic mass is 16.3. The van der Waals surface area contributed by atoms with Gasteiger partial charge in [0.25, 0.3) is 6.47 Å². The molecule has 0 aliphatic heterocycles. The first-order valence-corrected chi connectivity index (χ1v) is 10.6. The summed E-state index contributed by atoms with van der Waals surface area (Å²) in [5.41, 5.74) is 4.77. The normalized spacial score (nSPS) is 17.8. The number of allylic oxidation sites excluding steroid dienone is 1. The summed E-state index contributed by atoms with van der Waals surface area (Å²) < 4.78 is 0. The second-order valence-corrected chi connectivity index (χ2v) is 9.54. The Balaban J connectivity index is 0.000000485. The van der Waals surface area contributed by atoms with E-state index in [1.54, 1.807) is 20.8 Å². The molecule has 3 rings (SSSR count). The number of aryl methyl sites for hydroxylation is 1. The zero-order valence-electron chi connectivity index (χ0n) is 19.5. The van der Waals surface area contributed by atoms with Gasteiger partial charge in [-0.25, -0.2) is 0 Å². The minimum atomic E-state index is -0.500. The highest BCUT2D eigenvalue weighted by Gasteiger charge is 2.29. The number of fused-ring (bicyclic) bond motifs is 1. The van der Waals surface area contributed by atoms with Gasteiger partial charge in [-0.05, 0) is 85.4 Å². The van der Waals surface area contributed by atoms with Crippen LogP contribution in [0.3, 0.4) is 0 Å². The van der Waals surface area contributed by atoms with E-state index in [4.69, 9.17) is 15.0 Å². The van der Waals surface area contributed by atoms with Crippen LogP contribution in [0.25, 0.3) is 16.3 Å². The number of aliphatic hydroxyl groups excluding tert-OH is 1. The summed E-state index contributed by atoms with van der Waals surface area (Å²) in [6.45, 7) is 13.9. The smallest absolute Gasteiger partial charge is 0.290 e. The van der Waals surface area contributed by atoms with Crippen LogP contribution in [0.15, 0.2) is 36.4 Å². The predicted octanol–water partition coefficient (Wildman–Crippen LogP) is 5.75. The van der Waals surface area contributed by atoms with Gasteiger partial charge in [0.05, 0.1) is 11.7 Å². The fourth-order valence-electron chi connectivity index (χ4n) is 3.81. The molecule has 0 fully saturated rings. The van der Waals surface area contributed by atoms with Gasteiger partial charge in [0, 0.05) is 0 Å². The van der Waals surface area contributed by atoms with Crippen LogP contribution in [0.2, 0.25) is 0 Å². The van der Waals surface area contributed by atoms with E-state index in [-0.39, 0.29) is 18.0 Å². The maximum absolute atomic E-state index is 10.7. The molecule has 0 bridgehead atoms. The molecule has 2 aromatic rings.